The maximum Gasteiger partial charge on any atom is 0.172 e. The number of anilines is 5. The van der Waals surface area contributed by atoms with Gasteiger partial charge < -0.3 is 25.7 Å². The van der Waals surface area contributed by atoms with Crippen LogP contribution in [0.1, 0.15) is 43.6 Å². The molecule has 0 aliphatic carbocycles. The Balaban J connectivity index is 1.96. The summed E-state index contributed by atoms with van der Waals surface area (Å²) in [5.74, 6) is -1.04. The number of aldehydes is 1. The maximum absolute atomic E-state index is 15.8. The molecule has 1 aliphatic rings. The van der Waals surface area contributed by atoms with Crippen molar-refractivity contribution >= 4 is 40.9 Å². The predicted octanol–water partition coefficient (Wildman–Crippen LogP) is 6.21. The van der Waals surface area contributed by atoms with Crippen LogP contribution in [-0.4, -0.2) is 30.7 Å². The lowest BCUT2D eigenvalue weighted by molar-refractivity contribution is 0.112. The molecule has 0 spiro atoms. The van der Waals surface area contributed by atoms with Gasteiger partial charge in [0.25, 0.3) is 0 Å². The van der Waals surface area contributed by atoms with Gasteiger partial charge in [-0.3, -0.25) is 4.79 Å². The molecule has 0 radical (unpaired) electrons. The third-order valence-electron chi connectivity index (χ3n) is 5.98. The summed E-state index contributed by atoms with van der Waals surface area (Å²) in [5.41, 5.74) is 8.10. The van der Waals surface area contributed by atoms with E-state index < -0.39 is 17.2 Å². The smallest absolute Gasteiger partial charge is 0.172 e. The van der Waals surface area contributed by atoms with E-state index >= 15 is 4.39 Å². The molecule has 6 nitrogen and oxygen atoms in total. The number of hydrogen-bond acceptors (Lipinski definition) is 6. The highest BCUT2D eigenvalue weighted by Gasteiger charge is 2.41. The number of ether oxygens (including phenoxy) is 1. The number of nitrogens with zero attached hydrogens (tertiary/aromatic N) is 2. The molecule has 0 bridgehead atoms. The quantitative estimate of drug-likeness (QED) is 0.250. The Morgan fingerprint density at radius 2 is 1.74 bits per heavy atom. The van der Waals surface area contributed by atoms with Crippen LogP contribution < -0.4 is 20.3 Å². The van der Waals surface area contributed by atoms with Gasteiger partial charge in [-0.05, 0) is 70.2 Å². The molecule has 3 aromatic rings. The predicted molar refractivity (Wildman–Crippen MR) is 136 cm³/mol. The van der Waals surface area contributed by atoms with E-state index in [-0.39, 0.29) is 28.8 Å². The van der Waals surface area contributed by atoms with Crippen LogP contribution in [0.25, 0.3) is 0 Å². The lowest BCUT2D eigenvalue weighted by atomic mass is 9.92. The topological polar surface area (TPSA) is 82.7 Å². The van der Waals surface area contributed by atoms with Gasteiger partial charge in [0.1, 0.15) is 12.0 Å². The normalized spacial score (nSPS) is 14.6. The van der Waals surface area contributed by atoms with Gasteiger partial charge in [0.15, 0.2) is 17.4 Å². The third kappa shape index (κ3) is 4.32. The molecule has 0 amide bonds. The number of nitrogens with two attached hydrogens (primary N) is 1. The summed E-state index contributed by atoms with van der Waals surface area (Å²) in [6.07, 6.45) is 1.53. The van der Waals surface area contributed by atoms with E-state index in [1.165, 1.54) is 6.07 Å². The van der Waals surface area contributed by atoms with Crippen LogP contribution in [-0.2, 0) is 0 Å². The van der Waals surface area contributed by atoms with E-state index in [2.05, 4.69) is 0 Å². The number of benzene rings is 3. The lowest BCUT2D eigenvalue weighted by Gasteiger charge is -2.50. The average molecular weight is 479 g/mol. The summed E-state index contributed by atoms with van der Waals surface area (Å²) in [6.45, 7) is 7.97. The molecule has 35 heavy (non-hydrogen) atoms. The molecule has 8 heteroatoms. The summed E-state index contributed by atoms with van der Waals surface area (Å²) in [5, 5.41) is 7.76. The zero-order valence-corrected chi connectivity index (χ0v) is 20.1. The number of hydrogen-bond donors (Lipinski definition) is 2. The van der Waals surface area contributed by atoms with Crippen LogP contribution in [0.4, 0.5) is 37.2 Å². The molecule has 0 saturated heterocycles. The minimum Gasteiger partial charge on any atom is -0.488 e. The second-order valence-corrected chi connectivity index (χ2v) is 9.43. The van der Waals surface area contributed by atoms with Crippen molar-refractivity contribution in [3.8, 4) is 5.75 Å². The number of nitrogen functional groups attached to an aromatic ring is 1. The molecule has 3 aromatic carbocycles. The van der Waals surface area contributed by atoms with E-state index in [1.807, 2.05) is 37.5 Å². The van der Waals surface area contributed by atoms with Gasteiger partial charge in [-0.15, -0.1) is 0 Å². The second-order valence-electron chi connectivity index (χ2n) is 9.43. The van der Waals surface area contributed by atoms with Crippen LogP contribution in [0, 0.1) is 17.0 Å². The molecule has 3 N–H and O–H groups in total. The molecule has 0 aromatic heterocycles. The van der Waals surface area contributed by atoms with Crippen LogP contribution in [0.15, 0.2) is 48.5 Å². The van der Waals surface area contributed by atoms with Crippen molar-refractivity contribution in [1.29, 1.82) is 5.41 Å². The molecule has 1 heterocycles. The number of halogens is 2. The fourth-order valence-electron chi connectivity index (χ4n) is 4.49. The Morgan fingerprint density at radius 1 is 1.09 bits per heavy atom. The average Bonchev–Trinajstić information content (AvgIpc) is 2.81. The van der Waals surface area contributed by atoms with Crippen LogP contribution in [0.3, 0.4) is 0 Å². The molecular formula is C27H28F2N4O2. The summed E-state index contributed by atoms with van der Waals surface area (Å²) >= 11 is 0. The summed E-state index contributed by atoms with van der Waals surface area (Å²) in [6, 6.07) is 13.1. The van der Waals surface area contributed by atoms with Gasteiger partial charge in [-0.1, -0.05) is 0 Å². The molecule has 0 saturated carbocycles. The van der Waals surface area contributed by atoms with Crippen LogP contribution in [0.5, 0.6) is 5.75 Å². The number of nitrogens with one attached hydrogen (secondary N) is 1. The zero-order chi connectivity index (χ0) is 25.5. The van der Waals surface area contributed by atoms with Gasteiger partial charge in [0.2, 0.25) is 0 Å². The van der Waals surface area contributed by atoms with Crippen molar-refractivity contribution in [3.63, 3.8) is 0 Å². The van der Waals surface area contributed by atoms with E-state index in [0.29, 0.717) is 29.2 Å². The molecule has 182 valence electrons. The Kier molecular flexibility index (Phi) is 6.23. The molecule has 0 unspecified atom stereocenters. The van der Waals surface area contributed by atoms with E-state index in [9.17, 15) is 9.18 Å². The van der Waals surface area contributed by atoms with Crippen molar-refractivity contribution in [2.24, 2.45) is 0 Å². The molecule has 4 rings (SSSR count). The fraction of sp³-hybridized carbons (Fsp3) is 0.259. The highest BCUT2D eigenvalue weighted by molar-refractivity contribution is 5.96. The van der Waals surface area contributed by atoms with Gasteiger partial charge in [-0.25, -0.2) is 8.78 Å². The van der Waals surface area contributed by atoms with Gasteiger partial charge in [0.05, 0.1) is 23.0 Å². The SMILES string of the molecule is CC(C)Oc1cc(N2c3cc(C=N)c(N)c(F)c3N(c3ccc(C=O)cc3)CC2(C)C)ccc1F. The Bertz CT molecular complexity index is 1290. The van der Waals surface area contributed by atoms with Crippen LogP contribution in [0.2, 0.25) is 0 Å². The number of fused-ring (bicyclic) bond motifs is 1. The highest BCUT2D eigenvalue weighted by Crippen LogP contribution is 2.50. The molecule has 0 atom stereocenters. The Labute approximate surface area is 203 Å². The monoisotopic (exact) mass is 478 g/mol. The maximum atomic E-state index is 15.8. The largest absolute Gasteiger partial charge is 0.488 e. The van der Waals surface area contributed by atoms with Crippen molar-refractivity contribution in [2.75, 3.05) is 22.1 Å². The van der Waals surface area contributed by atoms with E-state index in [1.54, 1.807) is 42.5 Å². The first-order valence-electron chi connectivity index (χ1n) is 11.3. The second kappa shape index (κ2) is 9.02. The van der Waals surface area contributed by atoms with E-state index in [4.69, 9.17) is 15.9 Å². The van der Waals surface area contributed by atoms with Crippen LogP contribution >= 0.6 is 0 Å². The zero-order valence-electron chi connectivity index (χ0n) is 20.1. The minimum absolute atomic E-state index is 0.102. The summed E-state index contributed by atoms with van der Waals surface area (Å²) < 4.78 is 36.0. The van der Waals surface area contributed by atoms with Gasteiger partial charge >= 0.3 is 0 Å². The number of carbonyl (C=O) groups is 1. The first kappa shape index (κ1) is 24.2. The highest BCUT2D eigenvalue weighted by atomic mass is 19.1. The van der Waals surface area contributed by atoms with Crippen molar-refractivity contribution in [2.45, 2.75) is 39.3 Å². The van der Waals surface area contributed by atoms with E-state index in [0.717, 1.165) is 12.5 Å². The lowest BCUT2D eigenvalue weighted by Crippen LogP contribution is -2.53. The van der Waals surface area contributed by atoms with Crippen molar-refractivity contribution < 1.29 is 18.3 Å². The molecular weight excluding hydrogens is 450 g/mol. The Morgan fingerprint density at radius 3 is 2.34 bits per heavy atom. The number of carbonyl (C=O) groups excluding carboxylic acids is 1. The minimum atomic E-state index is -0.651. The standard InChI is InChI=1S/C27H28F2N4O2/c1-16(2)35-23-12-20(9-10-21(23)28)33-22-11-18(13-30)25(31)24(29)26(22)32(15-27(33,3)4)19-7-5-17(14-34)6-8-19/h5-14,16,30H,15,31H2,1-4H3. The molecule has 0 fully saturated rings. The summed E-state index contributed by atoms with van der Waals surface area (Å²) in [4.78, 5) is 14.9. The number of rotatable bonds is 6. The summed E-state index contributed by atoms with van der Waals surface area (Å²) in [7, 11) is 0. The molecule has 1 aliphatic heterocycles. The first-order chi connectivity index (χ1) is 16.6. The first-order valence-corrected chi connectivity index (χ1v) is 11.3. The third-order valence-corrected chi connectivity index (χ3v) is 5.98. The van der Waals surface area contributed by atoms with Gasteiger partial charge in [0, 0.05) is 41.3 Å². The Hall–Kier alpha value is -3.94. The van der Waals surface area contributed by atoms with Crippen molar-refractivity contribution in [1.82, 2.24) is 0 Å². The fourth-order valence-corrected chi connectivity index (χ4v) is 4.49. The van der Waals surface area contributed by atoms with Gasteiger partial charge in [-0.2, -0.15) is 0 Å². The van der Waals surface area contributed by atoms with Crippen molar-refractivity contribution in [3.05, 3.63) is 71.3 Å².